The molecule has 12 heteroatoms. The highest BCUT2D eigenvalue weighted by molar-refractivity contribution is 7.98. The molecule has 3 rings (SSSR count). The molecule has 0 N–H and O–H groups in total. The van der Waals surface area contributed by atoms with Crippen LogP contribution in [0, 0.1) is 30.9 Å². The standard InChI is InChI=1S/C18H21N7O4S/c1-11-17(25(26)27)12(2)23(22-11)10-30-18-21-20-13(3)24(18)19-9-14-6-7-15(28-4)8-16(14)29-5/h6-9H,10H2,1-5H3/b19-9-. The van der Waals surface area contributed by atoms with Gasteiger partial charge in [-0.25, -0.2) is 0 Å². The van der Waals surface area contributed by atoms with Gasteiger partial charge in [-0.1, -0.05) is 11.8 Å². The molecule has 0 bridgehead atoms. The minimum atomic E-state index is -0.419. The summed E-state index contributed by atoms with van der Waals surface area (Å²) in [5.74, 6) is 2.23. The summed E-state index contributed by atoms with van der Waals surface area (Å²) in [5.41, 5.74) is 1.65. The smallest absolute Gasteiger partial charge is 0.312 e. The van der Waals surface area contributed by atoms with Crippen molar-refractivity contribution >= 4 is 23.7 Å². The third-order valence-electron chi connectivity index (χ3n) is 4.36. The van der Waals surface area contributed by atoms with Gasteiger partial charge in [0.2, 0.25) is 5.16 Å². The van der Waals surface area contributed by atoms with E-state index in [-0.39, 0.29) is 5.69 Å². The molecule has 0 fully saturated rings. The van der Waals surface area contributed by atoms with E-state index in [2.05, 4.69) is 20.4 Å². The van der Waals surface area contributed by atoms with Crippen molar-refractivity contribution in [3.63, 3.8) is 0 Å². The summed E-state index contributed by atoms with van der Waals surface area (Å²) in [4.78, 5) is 10.8. The minimum absolute atomic E-state index is 0.0258. The number of rotatable bonds is 8. The number of benzene rings is 1. The second kappa shape index (κ2) is 8.95. The van der Waals surface area contributed by atoms with Gasteiger partial charge in [-0.2, -0.15) is 14.9 Å². The van der Waals surface area contributed by atoms with Crippen LogP contribution in [0.3, 0.4) is 0 Å². The highest BCUT2D eigenvalue weighted by Crippen LogP contribution is 2.26. The number of thioether (sulfide) groups is 1. The SMILES string of the molecule is COc1ccc(/C=N\n2c(C)nnc2SCn2nc(C)c([N+](=O)[O-])c2C)c(OC)c1. The van der Waals surface area contributed by atoms with Crippen LogP contribution in [0.2, 0.25) is 0 Å². The van der Waals surface area contributed by atoms with Crippen molar-refractivity contribution in [1.29, 1.82) is 0 Å². The normalized spacial score (nSPS) is 11.2. The van der Waals surface area contributed by atoms with Gasteiger partial charge >= 0.3 is 5.69 Å². The van der Waals surface area contributed by atoms with E-state index in [9.17, 15) is 10.1 Å². The van der Waals surface area contributed by atoms with Gasteiger partial charge in [0.05, 0.1) is 31.2 Å². The van der Waals surface area contributed by atoms with E-state index in [0.717, 1.165) is 5.56 Å². The van der Waals surface area contributed by atoms with Gasteiger partial charge in [0.25, 0.3) is 0 Å². The molecular formula is C18H21N7O4S. The van der Waals surface area contributed by atoms with E-state index < -0.39 is 4.92 Å². The summed E-state index contributed by atoms with van der Waals surface area (Å²) in [7, 11) is 3.16. The molecule has 2 heterocycles. The topological polar surface area (TPSA) is 122 Å². The Morgan fingerprint density at radius 2 is 2.00 bits per heavy atom. The summed E-state index contributed by atoms with van der Waals surface area (Å²) in [6.45, 7) is 5.07. The number of ether oxygens (including phenoxy) is 2. The average molecular weight is 431 g/mol. The maximum absolute atomic E-state index is 11.2. The maximum atomic E-state index is 11.2. The lowest BCUT2D eigenvalue weighted by Crippen LogP contribution is -2.03. The Kier molecular flexibility index (Phi) is 6.35. The van der Waals surface area contributed by atoms with Crippen LogP contribution in [0.5, 0.6) is 11.5 Å². The van der Waals surface area contributed by atoms with Crippen LogP contribution >= 0.6 is 11.8 Å². The Morgan fingerprint density at radius 3 is 2.63 bits per heavy atom. The first-order valence-corrected chi connectivity index (χ1v) is 9.83. The molecule has 0 aliphatic carbocycles. The van der Waals surface area contributed by atoms with Crippen molar-refractivity contribution < 1.29 is 14.4 Å². The molecule has 3 aromatic rings. The Morgan fingerprint density at radius 1 is 1.23 bits per heavy atom. The van der Waals surface area contributed by atoms with E-state index in [1.807, 2.05) is 12.1 Å². The predicted molar refractivity (Wildman–Crippen MR) is 112 cm³/mol. The predicted octanol–water partition coefficient (Wildman–Crippen LogP) is 2.96. The highest BCUT2D eigenvalue weighted by Gasteiger charge is 2.22. The largest absolute Gasteiger partial charge is 0.497 e. The monoisotopic (exact) mass is 431 g/mol. The number of aryl methyl sites for hydroxylation is 2. The number of nitro groups is 1. The maximum Gasteiger partial charge on any atom is 0.312 e. The van der Waals surface area contributed by atoms with Crippen LogP contribution in [0.15, 0.2) is 28.5 Å². The van der Waals surface area contributed by atoms with Gasteiger partial charge in [0, 0.05) is 11.6 Å². The molecule has 2 aromatic heterocycles. The van der Waals surface area contributed by atoms with Gasteiger partial charge in [-0.05, 0) is 32.9 Å². The molecule has 0 saturated carbocycles. The van der Waals surface area contributed by atoms with E-state index >= 15 is 0 Å². The summed E-state index contributed by atoms with van der Waals surface area (Å²) >= 11 is 1.32. The van der Waals surface area contributed by atoms with Crippen LogP contribution in [0.1, 0.15) is 22.8 Å². The van der Waals surface area contributed by atoms with Crippen LogP contribution in [-0.2, 0) is 5.88 Å². The molecule has 0 unspecified atom stereocenters. The number of hydrogen-bond acceptors (Lipinski definition) is 9. The Bertz CT molecular complexity index is 1110. The first-order valence-electron chi connectivity index (χ1n) is 8.85. The van der Waals surface area contributed by atoms with Gasteiger partial charge in [0.1, 0.15) is 22.9 Å². The second-order valence-electron chi connectivity index (χ2n) is 6.24. The second-order valence-corrected chi connectivity index (χ2v) is 7.16. The summed E-state index contributed by atoms with van der Waals surface area (Å²) < 4.78 is 13.8. The van der Waals surface area contributed by atoms with Gasteiger partial charge in [0.15, 0.2) is 5.82 Å². The zero-order chi connectivity index (χ0) is 21.8. The molecule has 0 spiro atoms. The van der Waals surface area contributed by atoms with Crippen LogP contribution in [0.4, 0.5) is 5.69 Å². The lowest BCUT2D eigenvalue weighted by Gasteiger charge is -2.07. The molecular weight excluding hydrogens is 410 g/mol. The molecule has 0 saturated heterocycles. The molecule has 30 heavy (non-hydrogen) atoms. The van der Waals surface area contributed by atoms with Gasteiger partial charge < -0.3 is 9.47 Å². The van der Waals surface area contributed by atoms with E-state index in [0.29, 0.717) is 39.7 Å². The van der Waals surface area contributed by atoms with Crippen molar-refractivity contribution in [3.05, 3.63) is 51.1 Å². The fourth-order valence-corrected chi connectivity index (χ4v) is 3.69. The van der Waals surface area contributed by atoms with E-state index in [4.69, 9.17) is 9.47 Å². The average Bonchev–Trinajstić information content (AvgIpc) is 3.22. The van der Waals surface area contributed by atoms with Crippen LogP contribution < -0.4 is 9.47 Å². The fraction of sp³-hybridized carbons (Fsp3) is 0.333. The van der Waals surface area contributed by atoms with Crippen molar-refractivity contribution in [3.8, 4) is 11.5 Å². The molecule has 0 aliphatic rings. The Labute approximate surface area is 176 Å². The van der Waals surface area contributed by atoms with Crippen LogP contribution in [-0.4, -0.2) is 50.0 Å². The first kappa shape index (κ1) is 21.3. The van der Waals surface area contributed by atoms with E-state index in [1.54, 1.807) is 56.6 Å². The first-order chi connectivity index (χ1) is 14.3. The molecule has 0 atom stereocenters. The van der Waals surface area contributed by atoms with Crippen molar-refractivity contribution in [1.82, 2.24) is 24.7 Å². The van der Waals surface area contributed by atoms with Gasteiger partial charge in [-0.15, -0.1) is 10.2 Å². The van der Waals surface area contributed by atoms with Gasteiger partial charge in [-0.3, -0.25) is 14.8 Å². The van der Waals surface area contributed by atoms with Crippen molar-refractivity contribution in [2.75, 3.05) is 14.2 Å². The molecule has 1 aromatic carbocycles. The van der Waals surface area contributed by atoms with Crippen molar-refractivity contribution in [2.24, 2.45) is 5.10 Å². The summed E-state index contributed by atoms with van der Waals surface area (Å²) in [6.07, 6.45) is 1.65. The quantitative estimate of drug-likeness (QED) is 0.231. The molecule has 158 valence electrons. The molecule has 0 amide bonds. The third-order valence-corrected chi connectivity index (χ3v) is 5.25. The lowest BCUT2D eigenvalue weighted by atomic mass is 10.2. The summed E-state index contributed by atoms with van der Waals surface area (Å²) in [5, 5.41) is 28.7. The highest BCUT2D eigenvalue weighted by atomic mass is 32.2. The van der Waals surface area contributed by atoms with Crippen molar-refractivity contribution in [2.45, 2.75) is 31.8 Å². The molecule has 11 nitrogen and oxygen atoms in total. The Hall–Kier alpha value is -3.41. The zero-order valence-electron chi connectivity index (χ0n) is 17.2. The van der Waals surface area contributed by atoms with Crippen LogP contribution in [0.25, 0.3) is 0 Å². The summed E-state index contributed by atoms with van der Waals surface area (Å²) in [6, 6.07) is 5.42. The zero-order valence-corrected chi connectivity index (χ0v) is 18.0. The molecule has 0 radical (unpaired) electrons. The van der Waals surface area contributed by atoms with E-state index in [1.165, 1.54) is 11.8 Å². The number of hydrogen-bond donors (Lipinski definition) is 0. The third kappa shape index (κ3) is 4.27. The minimum Gasteiger partial charge on any atom is -0.497 e. The number of nitrogens with zero attached hydrogens (tertiary/aromatic N) is 7. The number of methoxy groups -OCH3 is 2. The lowest BCUT2D eigenvalue weighted by molar-refractivity contribution is -0.386. The molecule has 0 aliphatic heterocycles. The number of aromatic nitrogens is 5. The Balaban J connectivity index is 1.82. The fourth-order valence-electron chi connectivity index (χ4n) is 2.80.